The molecular formula is C26H23ClF3N7O4. The number of ketones is 1. The molecule has 214 valence electrons. The number of Topliss-reactive ketones (excluding diaryl/α,β-unsaturated/α-hetero) is 1. The molecule has 1 fully saturated rings. The topological polar surface area (TPSA) is 137 Å². The fourth-order valence-electron chi connectivity index (χ4n) is 5.85. The van der Waals surface area contributed by atoms with Gasteiger partial charge in [-0.25, -0.2) is 9.78 Å². The number of nitrogens with zero attached hydrogens (tertiary/aromatic N) is 5. The molecule has 0 spiro atoms. The number of benzene rings is 1. The molecule has 0 bridgehead atoms. The van der Waals surface area contributed by atoms with Gasteiger partial charge in [-0.15, -0.1) is 0 Å². The van der Waals surface area contributed by atoms with Crippen LogP contribution >= 0.6 is 11.6 Å². The quantitative estimate of drug-likeness (QED) is 0.375. The summed E-state index contributed by atoms with van der Waals surface area (Å²) in [6.45, 7) is -1.83. The SMILES string of the molecule is O=C1CCN(C(=O)CC2Cc3cc(Cl)c4[nH]ncc4c3CN(CC(F)(F)F)C2=O)[C@@H](n2c(=O)[nH]c3ncccc32)C1. The zero-order valence-electron chi connectivity index (χ0n) is 21.4. The van der Waals surface area contributed by atoms with Crippen molar-refractivity contribution in [3.8, 4) is 0 Å². The molecule has 6 rings (SSSR count). The van der Waals surface area contributed by atoms with E-state index in [-0.39, 0.29) is 43.8 Å². The number of aromatic nitrogens is 5. The van der Waals surface area contributed by atoms with Crippen LogP contribution in [-0.2, 0) is 27.3 Å². The van der Waals surface area contributed by atoms with E-state index in [1.165, 1.54) is 21.9 Å². The Bertz CT molecular complexity index is 1760. The van der Waals surface area contributed by atoms with Crippen LogP contribution < -0.4 is 5.69 Å². The molecule has 2 amide bonds. The first-order valence-electron chi connectivity index (χ1n) is 12.9. The standard InChI is InChI=1S/C26H23ClF3N7O4/c27-18-7-13-6-14(24(40)35(12-26(28,29)30)11-17(13)16-10-32-34-22(16)18)8-21(39)36-5-3-15(38)9-20(36)37-19-2-1-4-31-23(19)33-25(37)41/h1-2,4,7,10,14,20H,3,5-6,8-9,11-12H2,(H,32,34)(H,31,33,41)/t14?,20-/m0/s1. The molecule has 1 aromatic carbocycles. The van der Waals surface area contributed by atoms with Crippen molar-refractivity contribution in [3.63, 3.8) is 0 Å². The minimum atomic E-state index is -4.67. The third kappa shape index (κ3) is 4.96. The van der Waals surface area contributed by atoms with E-state index in [1.54, 1.807) is 18.2 Å². The van der Waals surface area contributed by atoms with Crippen molar-refractivity contribution in [1.82, 2.24) is 34.5 Å². The van der Waals surface area contributed by atoms with Gasteiger partial charge in [0.15, 0.2) is 5.65 Å². The third-order valence-corrected chi connectivity index (χ3v) is 7.97. The number of amides is 2. The molecule has 5 heterocycles. The number of fused-ring (bicyclic) bond motifs is 4. The average Bonchev–Trinajstić information content (AvgIpc) is 3.50. The van der Waals surface area contributed by atoms with E-state index in [9.17, 15) is 32.3 Å². The van der Waals surface area contributed by atoms with E-state index >= 15 is 0 Å². The molecule has 3 aromatic heterocycles. The predicted molar refractivity (Wildman–Crippen MR) is 140 cm³/mol. The summed E-state index contributed by atoms with van der Waals surface area (Å²) in [5.74, 6) is -2.67. The van der Waals surface area contributed by atoms with Crippen LogP contribution in [0.25, 0.3) is 22.1 Å². The van der Waals surface area contributed by atoms with Gasteiger partial charge in [0.1, 0.15) is 18.5 Å². The first-order chi connectivity index (χ1) is 19.5. The zero-order valence-corrected chi connectivity index (χ0v) is 22.1. The number of hydrogen-bond acceptors (Lipinski definition) is 6. The van der Waals surface area contributed by atoms with Gasteiger partial charge in [0, 0.05) is 43.9 Å². The van der Waals surface area contributed by atoms with Gasteiger partial charge in [-0.2, -0.15) is 18.3 Å². The second-order valence-corrected chi connectivity index (χ2v) is 10.7. The van der Waals surface area contributed by atoms with E-state index in [0.717, 1.165) is 0 Å². The van der Waals surface area contributed by atoms with Gasteiger partial charge >= 0.3 is 11.9 Å². The molecule has 2 atom stereocenters. The Balaban J connectivity index is 1.36. The summed E-state index contributed by atoms with van der Waals surface area (Å²) in [7, 11) is 0. The minimum Gasteiger partial charge on any atom is -0.329 e. The van der Waals surface area contributed by atoms with Crippen LogP contribution in [0.4, 0.5) is 13.2 Å². The predicted octanol–water partition coefficient (Wildman–Crippen LogP) is 3.10. The third-order valence-electron chi connectivity index (χ3n) is 7.67. The molecule has 0 saturated carbocycles. The first-order valence-corrected chi connectivity index (χ1v) is 13.2. The van der Waals surface area contributed by atoms with E-state index in [1.807, 2.05) is 0 Å². The first kappa shape index (κ1) is 27.0. The van der Waals surface area contributed by atoms with Crippen molar-refractivity contribution in [2.45, 2.75) is 44.6 Å². The van der Waals surface area contributed by atoms with Crippen molar-refractivity contribution in [2.75, 3.05) is 13.1 Å². The van der Waals surface area contributed by atoms with Crippen LogP contribution in [0.3, 0.4) is 0 Å². The molecule has 2 N–H and O–H groups in total. The largest absolute Gasteiger partial charge is 0.406 e. The van der Waals surface area contributed by atoms with Crippen molar-refractivity contribution < 1.29 is 27.6 Å². The Morgan fingerprint density at radius 1 is 1.20 bits per heavy atom. The Labute approximate surface area is 234 Å². The molecule has 15 heteroatoms. The normalized spacial score (nSPS) is 20.1. The second-order valence-electron chi connectivity index (χ2n) is 10.3. The summed E-state index contributed by atoms with van der Waals surface area (Å²) >= 11 is 6.40. The number of aromatic amines is 2. The molecule has 2 aliphatic heterocycles. The number of H-pyrrole nitrogens is 2. The summed E-state index contributed by atoms with van der Waals surface area (Å²) in [6.07, 6.45) is -3.24. The van der Waals surface area contributed by atoms with Gasteiger partial charge in [0.25, 0.3) is 0 Å². The lowest BCUT2D eigenvalue weighted by Gasteiger charge is -2.36. The van der Waals surface area contributed by atoms with Crippen molar-refractivity contribution in [2.24, 2.45) is 5.92 Å². The summed E-state index contributed by atoms with van der Waals surface area (Å²) in [6, 6.07) is 4.82. The lowest BCUT2D eigenvalue weighted by atomic mass is 9.92. The second kappa shape index (κ2) is 10.0. The van der Waals surface area contributed by atoms with Crippen LogP contribution in [0.1, 0.15) is 36.6 Å². The van der Waals surface area contributed by atoms with Crippen LogP contribution in [0.5, 0.6) is 0 Å². The summed E-state index contributed by atoms with van der Waals surface area (Å²) in [5.41, 5.74) is 1.58. The van der Waals surface area contributed by atoms with Crippen LogP contribution in [0, 0.1) is 5.92 Å². The molecule has 0 radical (unpaired) electrons. The Morgan fingerprint density at radius 3 is 2.78 bits per heavy atom. The maximum atomic E-state index is 13.8. The van der Waals surface area contributed by atoms with E-state index in [2.05, 4.69) is 20.2 Å². The van der Waals surface area contributed by atoms with Crippen LogP contribution in [-0.4, -0.2) is 71.4 Å². The number of piperidine rings is 1. The van der Waals surface area contributed by atoms with Crippen molar-refractivity contribution in [3.05, 3.63) is 57.2 Å². The van der Waals surface area contributed by atoms with E-state index < -0.39 is 48.7 Å². The summed E-state index contributed by atoms with van der Waals surface area (Å²) in [4.78, 5) is 61.4. The number of alkyl halides is 3. The highest BCUT2D eigenvalue weighted by Gasteiger charge is 2.41. The fraction of sp³-hybridized carbons (Fsp3) is 0.385. The minimum absolute atomic E-state index is 0.00700. The number of carbonyl (C=O) groups is 3. The molecule has 11 nitrogen and oxygen atoms in total. The maximum absolute atomic E-state index is 13.8. The van der Waals surface area contributed by atoms with Gasteiger partial charge in [-0.05, 0) is 35.7 Å². The number of halogens is 4. The highest BCUT2D eigenvalue weighted by molar-refractivity contribution is 6.35. The highest BCUT2D eigenvalue weighted by Crippen LogP contribution is 2.36. The van der Waals surface area contributed by atoms with E-state index in [0.29, 0.717) is 37.5 Å². The molecule has 4 aromatic rings. The molecule has 0 aliphatic carbocycles. The lowest BCUT2D eigenvalue weighted by Crippen LogP contribution is -2.48. The molecule has 1 unspecified atom stereocenters. The van der Waals surface area contributed by atoms with Gasteiger partial charge in [-0.3, -0.25) is 29.0 Å². The smallest absolute Gasteiger partial charge is 0.329 e. The number of carbonyl (C=O) groups excluding carboxylic acids is 3. The van der Waals surface area contributed by atoms with Gasteiger partial charge < -0.3 is 9.80 Å². The summed E-state index contributed by atoms with van der Waals surface area (Å²) < 4.78 is 41.9. The molecule has 41 heavy (non-hydrogen) atoms. The number of imidazole rings is 1. The number of pyridine rings is 1. The Kier molecular flexibility index (Phi) is 6.59. The zero-order chi connectivity index (χ0) is 29.1. The lowest BCUT2D eigenvalue weighted by molar-refractivity contribution is -0.165. The van der Waals surface area contributed by atoms with Gasteiger partial charge in [-0.1, -0.05) is 11.6 Å². The van der Waals surface area contributed by atoms with Crippen LogP contribution in [0.2, 0.25) is 5.02 Å². The maximum Gasteiger partial charge on any atom is 0.406 e. The van der Waals surface area contributed by atoms with E-state index in [4.69, 9.17) is 11.6 Å². The van der Waals surface area contributed by atoms with Gasteiger partial charge in [0.2, 0.25) is 11.8 Å². The van der Waals surface area contributed by atoms with Crippen LogP contribution in [0.15, 0.2) is 35.4 Å². The number of hydrogen-bond donors (Lipinski definition) is 2. The molecule has 2 aliphatic rings. The molecule has 1 saturated heterocycles. The Morgan fingerprint density at radius 2 is 2.00 bits per heavy atom. The number of nitrogens with one attached hydrogen (secondary N) is 2. The highest BCUT2D eigenvalue weighted by atomic mass is 35.5. The Hall–Kier alpha value is -4.20. The number of rotatable bonds is 4. The van der Waals surface area contributed by atoms with Gasteiger partial charge in [0.05, 0.1) is 28.2 Å². The van der Waals surface area contributed by atoms with Crippen molar-refractivity contribution >= 4 is 51.3 Å². The summed E-state index contributed by atoms with van der Waals surface area (Å²) in [5, 5.41) is 7.48. The van der Waals surface area contributed by atoms with Crippen molar-refractivity contribution in [1.29, 1.82) is 0 Å². The molecular weight excluding hydrogens is 567 g/mol. The fourth-order valence-corrected chi connectivity index (χ4v) is 6.13. The number of likely N-dealkylation sites (tertiary alicyclic amines) is 1. The monoisotopic (exact) mass is 589 g/mol. The average molecular weight is 590 g/mol.